The molecule has 0 atom stereocenters. The van der Waals surface area contributed by atoms with Gasteiger partial charge in [-0.3, -0.25) is 4.79 Å². The SMILES string of the molecule is COc1ccc2ccccc2c1/C=N/NC(=O)/C(C#N)=C\c1ccc(F)cc1. The second-order valence-electron chi connectivity index (χ2n) is 5.82. The minimum Gasteiger partial charge on any atom is -0.496 e. The van der Waals surface area contributed by atoms with E-state index in [1.54, 1.807) is 7.11 Å². The van der Waals surface area contributed by atoms with E-state index in [4.69, 9.17) is 4.74 Å². The normalized spacial score (nSPS) is 11.4. The van der Waals surface area contributed by atoms with Gasteiger partial charge >= 0.3 is 0 Å². The molecule has 0 heterocycles. The molecule has 0 aliphatic heterocycles. The number of nitriles is 1. The Kier molecular flexibility index (Phi) is 5.78. The first-order valence-corrected chi connectivity index (χ1v) is 8.39. The molecule has 0 fully saturated rings. The third kappa shape index (κ3) is 4.22. The first-order valence-electron chi connectivity index (χ1n) is 8.39. The largest absolute Gasteiger partial charge is 0.496 e. The highest BCUT2D eigenvalue weighted by atomic mass is 19.1. The van der Waals surface area contributed by atoms with Gasteiger partial charge in [-0.2, -0.15) is 10.4 Å². The van der Waals surface area contributed by atoms with Crippen LogP contribution < -0.4 is 10.2 Å². The second-order valence-corrected chi connectivity index (χ2v) is 5.82. The quantitative estimate of drug-likeness (QED) is 0.317. The van der Waals surface area contributed by atoms with Crippen LogP contribution in [-0.2, 0) is 4.79 Å². The molecule has 0 unspecified atom stereocenters. The number of hydrazone groups is 1. The van der Waals surface area contributed by atoms with Gasteiger partial charge in [-0.1, -0.05) is 42.5 Å². The van der Waals surface area contributed by atoms with Gasteiger partial charge < -0.3 is 4.74 Å². The molecule has 0 aliphatic carbocycles. The van der Waals surface area contributed by atoms with Crippen molar-refractivity contribution in [3.05, 3.63) is 83.2 Å². The Morgan fingerprint density at radius 1 is 1.14 bits per heavy atom. The maximum Gasteiger partial charge on any atom is 0.282 e. The van der Waals surface area contributed by atoms with Gasteiger partial charge in [0.25, 0.3) is 5.91 Å². The predicted molar refractivity (Wildman–Crippen MR) is 106 cm³/mol. The van der Waals surface area contributed by atoms with Crippen molar-refractivity contribution in [3.8, 4) is 11.8 Å². The zero-order valence-corrected chi connectivity index (χ0v) is 15.0. The monoisotopic (exact) mass is 373 g/mol. The van der Waals surface area contributed by atoms with Gasteiger partial charge in [0.1, 0.15) is 23.2 Å². The van der Waals surface area contributed by atoms with Crippen molar-refractivity contribution in [3.63, 3.8) is 0 Å². The number of carbonyl (C=O) groups excluding carboxylic acids is 1. The average Bonchev–Trinajstić information content (AvgIpc) is 2.73. The Labute approximate surface area is 161 Å². The fraction of sp³-hybridized carbons (Fsp3) is 0.0455. The van der Waals surface area contributed by atoms with Crippen LogP contribution in [0.4, 0.5) is 4.39 Å². The fourth-order valence-electron chi connectivity index (χ4n) is 2.68. The molecule has 0 aliphatic rings. The summed E-state index contributed by atoms with van der Waals surface area (Å²) in [5.74, 6) is -0.449. The number of rotatable bonds is 5. The summed E-state index contributed by atoms with van der Waals surface area (Å²) in [6.45, 7) is 0. The molecule has 0 aromatic heterocycles. The Balaban J connectivity index is 1.82. The first kappa shape index (κ1) is 18.8. The topological polar surface area (TPSA) is 74.5 Å². The van der Waals surface area contributed by atoms with Crippen LogP contribution >= 0.6 is 0 Å². The molecule has 0 spiro atoms. The van der Waals surface area contributed by atoms with Crippen LogP contribution in [0.1, 0.15) is 11.1 Å². The third-order valence-corrected chi connectivity index (χ3v) is 4.06. The van der Waals surface area contributed by atoms with Gasteiger partial charge in [-0.15, -0.1) is 0 Å². The van der Waals surface area contributed by atoms with Crippen LogP contribution in [0.25, 0.3) is 16.8 Å². The van der Waals surface area contributed by atoms with E-state index in [0.717, 1.165) is 10.8 Å². The minimum atomic E-state index is -0.665. The molecule has 1 amide bonds. The number of methoxy groups -OCH3 is 1. The number of carbonyl (C=O) groups is 1. The molecular weight excluding hydrogens is 357 g/mol. The van der Waals surface area contributed by atoms with Gasteiger partial charge in [0.15, 0.2) is 0 Å². The van der Waals surface area contributed by atoms with E-state index in [0.29, 0.717) is 16.9 Å². The lowest BCUT2D eigenvalue weighted by molar-refractivity contribution is -0.117. The molecule has 1 N–H and O–H groups in total. The first-order chi connectivity index (χ1) is 13.6. The van der Waals surface area contributed by atoms with Gasteiger partial charge in [-0.05, 0) is 40.6 Å². The molecule has 0 radical (unpaired) electrons. The number of halogens is 1. The molecule has 0 saturated heterocycles. The number of nitrogens with one attached hydrogen (secondary N) is 1. The van der Waals surface area contributed by atoms with Crippen LogP contribution in [0.2, 0.25) is 0 Å². The maximum atomic E-state index is 13.0. The number of ether oxygens (including phenoxy) is 1. The van der Waals surface area contributed by atoms with Crippen molar-refractivity contribution >= 4 is 29.0 Å². The number of benzene rings is 3. The number of amides is 1. The van der Waals surface area contributed by atoms with Gasteiger partial charge in [0, 0.05) is 5.56 Å². The molecule has 0 bridgehead atoms. The molecule has 3 aromatic rings. The van der Waals surface area contributed by atoms with Crippen molar-refractivity contribution < 1.29 is 13.9 Å². The average molecular weight is 373 g/mol. The summed E-state index contributed by atoms with van der Waals surface area (Å²) in [5, 5.41) is 15.1. The summed E-state index contributed by atoms with van der Waals surface area (Å²) in [6.07, 6.45) is 2.84. The summed E-state index contributed by atoms with van der Waals surface area (Å²) < 4.78 is 18.3. The van der Waals surface area contributed by atoms with Crippen molar-refractivity contribution in [2.24, 2.45) is 5.10 Å². The van der Waals surface area contributed by atoms with Crippen LogP contribution in [0.5, 0.6) is 5.75 Å². The standard InChI is InChI=1S/C22H16FN3O2/c1-28-21-11-8-16-4-2-3-5-19(16)20(21)14-25-26-22(27)17(13-24)12-15-6-9-18(23)10-7-15/h2-12,14H,1H3,(H,26,27)/b17-12-,25-14+. The smallest absolute Gasteiger partial charge is 0.282 e. The van der Waals surface area contributed by atoms with Gasteiger partial charge in [0.05, 0.1) is 13.3 Å². The molecule has 5 nitrogen and oxygen atoms in total. The second kappa shape index (κ2) is 8.60. The summed E-state index contributed by atoms with van der Waals surface area (Å²) in [6, 6.07) is 18.8. The van der Waals surface area contributed by atoms with Gasteiger partial charge in [-0.25, -0.2) is 9.82 Å². The number of hydrogen-bond donors (Lipinski definition) is 1. The summed E-state index contributed by atoms with van der Waals surface area (Å²) in [4.78, 5) is 12.2. The molecule has 0 saturated carbocycles. The molecule has 6 heteroatoms. The number of hydrogen-bond acceptors (Lipinski definition) is 4. The zero-order chi connectivity index (χ0) is 19.9. The van der Waals surface area contributed by atoms with Crippen LogP contribution in [0.3, 0.4) is 0 Å². The summed E-state index contributed by atoms with van der Waals surface area (Å²) in [7, 11) is 1.55. The highest BCUT2D eigenvalue weighted by Crippen LogP contribution is 2.26. The zero-order valence-electron chi connectivity index (χ0n) is 15.0. The minimum absolute atomic E-state index is 0.145. The van der Waals surface area contributed by atoms with E-state index in [1.165, 1.54) is 36.6 Å². The Bertz CT molecular complexity index is 1110. The molecular formula is C22H16FN3O2. The summed E-state index contributed by atoms with van der Waals surface area (Å²) >= 11 is 0. The maximum absolute atomic E-state index is 13.0. The molecule has 3 aromatic carbocycles. The third-order valence-electron chi connectivity index (χ3n) is 4.06. The van der Waals surface area contributed by atoms with Crippen LogP contribution in [0, 0.1) is 17.1 Å². The molecule has 138 valence electrons. The molecule has 3 rings (SSSR count). The molecule has 28 heavy (non-hydrogen) atoms. The Hall–Kier alpha value is -3.98. The number of nitrogens with zero attached hydrogens (tertiary/aromatic N) is 2. The predicted octanol–water partition coefficient (Wildman–Crippen LogP) is 4.04. The Morgan fingerprint density at radius 2 is 1.89 bits per heavy atom. The van der Waals surface area contributed by atoms with E-state index < -0.39 is 11.7 Å². The van der Waals surface area contributed by atoms with Crippen molar-refractivity contribution in [1.82, 2.24) is 5.43 Å². The highest BCUT2D eigenvalue weighted by molar-refractivity contribution is 6.04. The highest BCUT2D eigenvalue weighted by Gasteiger charge is 2.09. The lowest BCUT2D eigenvalue weighted by Crippen LogP contribution is -2.19. The van der Waals surface area contributed by atoms with Crippen LogP contribution in [0.15, 0.2) is 71.3 Å². The van der Waals surface area contributed by atoms with Gasteiger partial charge in [0.2, 0.25) is 0 Å². The lowest BCUT2D eigenvalue weighted by Gasteiger charge is -2.08. The lowest BCUT2D eigenvalue weighted by atomic mass is 10.0. The fourth-order valence-corrected chi connectivity index (χ4v) is 2.68. The number of fused-ring (bicyclic) bond motifs is 1. The van der Waals surface area contributed by atoms with Crippen molar-refractivity contribution in [1.29, 1.82) is 5.26 Å². The van der Waals surface area contributed by atoms with Crippen LogP contribution in [-0.4, -0.2) is 19.2 Å². The van der Waals surface area contributed by atoms with E-state index in [-0.39, 0.29) is 5.57 Å². The van der Waals surface area contributed by atoms with Crippen molar-refractivity contribution in [2.75, 3.05) is 7.11 Å². The van der Waals surface area contributed by atoms with E-state index in [1.807, 2.05) is 42.5 Å². The summed E-state index contributed by atoms with van der Waals surface area (Å²) in [5.41, 5.74) is 3.44. The van der Waals surface area contributed by atoms with E-state index in [9.17, 15) is 14.4 Å². The van der Waals surface area contributed by atoms with E-state index >= 15 is 0 Å². The van der Waals surface area contributed by atoms with E-state index in [2.05, 4.69) is 10.5 Å². The Morgan fingerprint density at radius 3 is 2.61 bits per heavy atom. The van der Waals surface area contributed by atoms with Crippen molar-refractivity contribution in [2.45, 2.75) is 0 Å².